The molecule has 1 aliphatic rings. The number of amides is 1. The lowest BCUT2D eigenvalue weighted by atomic mass is 10.1. The van der Waals surface area contributed by atoms with Crippen molar-refractivity contribution in [2.75, 3.05) is 23.9 Å². The van der Waals surface area contributed by atoms with Crippen molar-refractivity contribution < 1.29 is 22.7 Å². The van der Waals surface area contributed by atoms with Crippen LogP contribution in [-0.2, 0) is 17.4 Å². The Morgan fingerprint density at radius 1 is 1.21 bits per heavy atom. The lowest BCUT2D eigenvalue weighted by Crippen LogP contribution is -2.25. The van der Waals surface area contributed by atoms with Gasteiger partial charge < -0.3 is 10.1 Å². The molecule has 1 aliphatic heterocycles. The van der Waals surface area contributed by atoms with Gasteiger partial charge in [-0.2, -0.15) is 13.2 Å². The fourth-order valence-electron chi connectivity index (χ4n) is 3.37. The first-order valence-electron chi connectivity index (χ1n) is 9.80. The molecule has 0 saturated heterocycles. The Balaban J connectivity index is 1.64. The second-order valence-electron chi connectivity index (χ2n) is 6.96. The number of para-hydroxylation sites is 3. The minimum Gasteiger partial charge on any atom is -0.495 e. The van der Waals surface area contributed by atoms with Crippen LogP contribution >= 0.6 is 23.5 Å². The topological polar surface area (TPSA) is 73.2 Å². The van der Waals surface area contributed by atoms with Crippen molar-refractivity contribution in [3.63, 3.8) is 0 Å². The minimum atomic E-state index is -4.60. The number of aromatic nitrogens is 2. The highest BCUT2D eigenvalue weighted by Gasteiger charge is 2.33. The highest BCUT2D eigenvalue weighted by Crippen LogP contribution is 2.35. The maximum atomic E-state index is 13.2. The Morgan fingerprint density at radius 3 is 2.70 bits per heavy atom. The van der Waals surface area contributed by atoms with Gasteiger partial charge in [0.25, 0.3) is 5.56 Å². The molecule has 3 aromatic rings. The van der Waals surface area contributed by atoms with Crippen molar-refractivity contribution in [3.8, 4) is 11.4 Å². The molecule has 0 spiro atoms. The smallest absolute Gasteiger partial charge is 0.418 e. The van der Waals surface area contributed by atoms with Gasteiger partial charge in [0.2, 0.25) is 5.91 Å². The Kier molecular flexibility index (Phi) is 6.71. The van der Waals surface area contributed by atoms with Crippen molar-refractivity contribution in [3.05, 3.63) is 70.1 Å². The largest absolute Gasteiger partial charge is 0.495 e. The Bertz CT molecular complexity index is 1260. The lowest BCUT2D eigenvalue weighted by molar-refractivity contribution is -0.137. The van der Waals surface area contributed by atoms with Crippen LogP contribution < -0.4 is 15.6 Å². The fraction of sp³-hybridized carbons (Fsp3) is 0.227. The summed E-state index contributed by atoms with van der Waals surface area (Å²) in [7, 11) is 1.48. The number of anilines is 1. The summed E-state index contributed by atoms with van der Waals surface area (Å²) >= 11 is 2.40. The van der Waals surface area contributed by atoms with Crippen molar-refractivity contribution in [2.24, 2.45) is 0 Å². The van der Waals surface area contributed by atoms with E-state index in [1.807, 2.05) is 0 Å². The first kappa shape index (κ1) is 23.2. The molecule has 1 aromatic heterocycles. The van der Waals surface area contributed by atoms with E-state index in [4.69, 9.17) is 4.74 Å². The molecule has 0 atom stereocenters. The summed E-state index contributed by atoms with van der Waals surface area (Å²) in [5, 5.41) is 2.58. The van der Waals surface area contributed by atoms with Crippen molar-refractivity contribution >= 4 is 35.1 Å². The molecule has 4 rings (SSSR count). The average Bonchev–Trinajstić information content (AvgIpc) is 3.26. The van der Waals surface area contributed by atoms with Gasteiger partial charge in [0.1, 0.15) is 5.75 Å². The van der Waals surface area contributed by atoms with Gasteiger partial charge in [0, 0.05) is 12.2 Å². The average molecular weight is 494 g/mol. The molecule has 0 fully saturated rings. The van der Waals surface area contributed by atoms with E-state index in [-0.39, 0.29) is 22.2 Å². The Labute approximate surface area is 195 Å². The van der Waals surface area contributed by atoms with E-state index in [0.29, 0.717) is 28.4 Å². The molecule has 11 heteroatoms. The number of aryl methyl sites for hydroxylation is 1. The highest BCUT2D eigenvalue weighted by atomic mass is 32.2. The van der Waals surface area contributed by atoms with Crippen LogP contribution in [0.15, 0.2) is 63.4 Å². The number of carbonyl (C=O) groups excluding carboxylic acids is 1. The first-order valence-corrected chi connectivity index (χ1v) is 11.8. The van der Waals surface area contributed by atoms with Crippen LogP contribution in [0.2, 0.25) is 0 Å². The second-order valence-corrected chi connectivity index (χ2v) is 9.01. The van der Waals surface area contributed by atoms with E-state index >= 15 is 0 Å². The van der Waals surface area contributed by atoms with E-state index < -0.39 is 17.6 Å². The van der Waals surface area contributed by atoms with Gasteiger partial charge in [0.05, 0.1) is 40.4 Å². The number of nitrogens with zero attached hydrogens (tertiary/aromatic N) is 2. The van der Waals surface area contributed by atoms with Crippen LogP contribution in [0.5, 0.6) is 5.75 Å². The lowest BCUT2D eigenvalue weighted by Gasteiger charge is -2.16. The maximum absolute atomic E-state index is 13.2. The summed E-state index contributed by atoms with van der Waals surface area (Å²) in [6.45, 7) is 0. The number of nitrogens with one attached hydrogen (secondary N) is 1. The molecule has 0 radical (unpaired) electrons. The van der Waals surface area contributed by atoms with Gasteiger partial charge in [-0.15, -0.1) is 11.8 Å². The molecule has 0 unspecified atom stereocenters. The van der Waals surface area contributed by atoms with E-state index in [9.17, 15) is 22.8 Å². The SMILES string of the molecule is COc1ccccc1-n1c(SCC(=O)Nc2ccccc2C(F)(F)F)nc2c(c1=O)SCC2. The number of thioether (sulfide) groups is 2. The number of benzene rings is 2. The molecule has 33 heavy (non-hydrogen) atoms. The molecule has 6 nitrogen and oxygen atoms in total. The zero-order chi connectivity index (χ0) is 23.6. The summed E-state index contributed by atoms with van der Waals surface area (Å²) in [5.74, 6) is 0.300. The van der Waals surface area contributed by atoms with E-state index in [1.54, 1.807) is 24.3 Å². The number of alkyl halides is 3. The van der Waals surface area contributed by atoms with Crippen molar-refractivity contribution in [1.29, 1.82) is 0 Å². The Hall–Kier alpha value is -2.92. The molecular weight excluding hydrogens is 475 g/mol. The predicted octanol–water partition coefficient (Wildman–Crippen LogP) is 4.64. The number of ether oxygens (including phenoxy) is 1. The van der Waals surface area contributed by atoms with Gasteiger partial charge in [-0.05, 0) is 24.3 Å². The number of methoxy groups -OCH3 is 1. The quantitative estimate of drug-likeness (QED) is 0.399. The van der Waals surface area contributed by atoms with Crippen LogP contribution in [-0.4, -0.2) is 34.1 Å². The zero-order valence-electron chi connectivity index (χ0n) is 17.3. The van der Waals surface area contributed by atoms with Gasteiger partial charge >= 0.3 is 6.18 Å². The third-order valence-corrected chi connectivity index (χ3v) is 6.88. The van der Waals surface area contributed by atoms with Crippen LogP contribution in [0.4, 0.5) is 18.9 Å². The number of hydrogen-bond acceptors (Lipinski definition) is 6. The molecule has 1 amide bonds. The monoisotopic (exact) mass is 493 g/mol. The van der Waals surface area contributed by atoms with Crippen LogP contribution in [0.25, 0.3) is 5.69 Å². The summed E-state index contributed by atoms with van der Waals surface area (Å²) in [6.07, 6.45) is -3.97. The molecule has 0 saturated carbocycles. The third-order valence-electron chi connectivity index (χ3n) is 4.83. The van der Waals surface area contributed by atoms with Crippen LogP contribution in [0.3, 0.4) is 0 Å². The maximum Gasteiger partial charge on any atom is 0.418 e. The van der Waals surface area contributed by atoms with Crippen LogP contribution in [0.1, 0.15) is 11.3 Å². The van der Waals surface area contributed by atoms with Gasteiger partial charge in [-0.3, -0.25) is 14.2 Å². The fourth-order valence-corrected chi connectivity index (χ4v) is 5.22. The van der Waals surface area contributed by atoms with E-state index in [2.05, 4.69) is 10.3 Å². The van der Waals surface area contributed by atoms with Crippen LogP contribution in [0, 0.1) is 0 Å². The number of hydrogen-bond donors (Lipinski definition) is 1. The highest BCUT2D eigenvalue weighted by molar-refractivity contribution is 8.00. The third kappa shape index (κ3) is 4.88. The zero-order valence-corrected chi connectivity index (χ0v) is 18.9. The molecule has 2 aromatic carbocycles. The minimum absolute atomic E-state index is 0.236. The van der Waals surface area contributed by atoms with Gasteiger partial charge in [-0.25, -0.2) is 4.98 Å². The predicted molar refractivity (Wildman–Crippen MR) is 122 cm³/mol. The first-order chi connectivity index (χ1) is 15.8. The Morgan fingerprint density at radius 2 is 1.94 bits per heavy atom. The summed E-state index contributed by atoms with van der Waals surface area (Å²) < 4.78 is 46.4. The van der Waals surface area contributed by atoms with E-state index in [0.717, 1.165) is 23.6 Å². The number of fused-ring (bicyclic) bond motifs is 1. The molecule has 172 valence electrons. The molecule has 0 aliphatic carbocycles. The summed E-state index contributed by atoms with van der Waals surface area (Å²) in [6, 6.07) is 11.7. The number of rotatable bonds is 6. The summed E-state index contributed by atoms with van der Waals surface area (Å²) in [4.78, 5) is 30.9. The van der Waals surface area contributed by atoms with E-state index in [1.165, 1.54) is 41.6 Å². The molecule has 0 bridgehead atoms. The number of halogens is 3. The van der Waals surface area contributed by atoms with Crippen molar-refractivity contribution in [1.82, 2.24) is 9.55 Å². The molecule has 1 N–H and O–H groups in total. The molecule has 2 heterocycles. The molecular formula is C22H18F3N3O3S2. The second kappa shape index (κ2) is 9.52. The van der Waals surface area contributed by atoms with Gasteiger partial charge in [-0.1, -0.05) is 36.0 Å². The van der Waals surface area contributed by atoms with Crippen molar-refractivity contribution in [2.45, 2.75) is 22.6 Å². The normalized spacial score (nSPS) is 13.0. The standard InChI is InChI=1S/C22H18F3N3O3S2/c1-31-17-9-5-4-8-16(17)28-20(30)19-15(10-11-32-19)27-21(28)33-12-18(29)26-14-7-3-2-6-13(14)22(23,24)25/h2-9H,10-12H2,1H3,(H,26,29). The number of carbonyl (C=O) groups is 1. The van der Waals surface area contributed by atoms with Gasteiger partial charge in [0.15, 0.2) is 5.16 Å². The summed E-state index contributed by atoms with van der Waals surface area (Å²) in [5.41, 5.74) is -0.394.